The third-order valence-corrected chi connectivity index (χ3v) is 2.87. The predicted octanol–water partition coefficient (Wildman–Crippen LogP) is 2.98. The Morgan fingerprint density at radius 3 is 1.43 bits per heavy atom. The van der Waals surface area contributed by atoms with Crippen molar-refractivity contribution in [3.8, 4) is 23.0 Å². The molecular formula is C14H11BF4O4. The highest BCUT2D eigenvalue weighted by atomic mass is 19.1. The van der Waals surface area contributed by atoms with Crippen LogP contribution in [0.2, 0.25) is 0 Å². The Kier molecular flexibility index (Phi) is 5.20. The lowest BCUT2D eigenvalue weighted by Gasteiger charge is -2.12. The summed E-state index contributed by atoms with van der Waals surface area (Å²) in [5.74, 6) is -6.29. The molecule has 4 nitrogen and oxygen atoms in total. The van der Waals surface area contributed by atoms with Crippen molar-refractivity contribution in [1.29, 1.82) is 0 Å². The van der Waals surface area contributed by atoms with Crippen LogP contribution in [0.4, 0.5) is 17.6 Å². The van der Waals surface area contributed by atoms with Gasteiger partial charge >= 0.3 is 7.69 Å². The minimum Gasteiger partial charge on any atom is -0.524 e. The van der Waals surface area contributed by atoms with Crippen molar-refractivity contribution >= 4 is 7.69 Å². The van der Waals surface area contributed by atoms with E-state index >= 15 is 0 Å². The lowest BCUT2D eigenvalue weighted by Crippen LogP contribution is -2.15. The molecule has 0 aliphatic rings. The molecule has 0 bridgehead atoms. The van der Waals surface area contributed by atoms with Gasteiger partial charge in [0.1, 0.15) is 0 Å². The summed E-state index contributed by atoms with van der Waals surface area (Å²) in [5.41, 5.74) is 0. The fourth-order valence-electron chi connectivity index (χ4n) is 1.76. The maximum absolute atomic E-state index is 13.8. The van der Waals surface area contributed by atoms with Gasteiger partial charge in [0.25, 0.3) is 0 Å². The SMILES string of the molecule is COc1ccc(F)c(OBOc2c(F)ccc(OC)c2F)c1F. The van der Waals surface area contributed by atoms with E-state index in [4.69, 9.17) is 9.31 Å². The second-order valence-electron chi connectivity index (χ2n) is 4.19. The van der Waals surface area contributed by atoms with Crippen LogP contribution in [0.15, 0.2) is 24.3 Å². The second kappa shape index (κ2) is 7.12. The molecule has 0 fully saturated rings. The monoisotopic (exact) mass is 330 g/mol. The van der Waals surface area contributed by atoms with E-state index in [1.54, 1.807) is 0 Å². The number of ether oxygens (including phenoxy) is 2. The minimum absolute atomic E-state index is 0.250. The Labute approximate surface area is 129 Å². The molecule has 2 aromatic carbocycles. The van der Waals surface area contributed by atoms with Gasteiger partial charge in [-0.15, -0.1) is 0 Å². The summed E-state index contributed by atoms with van der Waals surface area (Å²) in [7, 11) is 1.55. The average molecular weight is 330 g/mol. The molecule has 2 aromatic rings. The second-order valence-corrected chi connectivity index (χ2v) is 4.19. The molecule has 0 saturated carbocycles. The van der Waals surface area contributed by atoms with Crippen LogP contribution in [-0.4, -0.2) is 21.9 Å². The molecular weight excluding hydrogens is 319 g/mol. The molecule has 0 amide bonds. The third kappa shape index (κ3) is 3.44. The first kappa shape index (κ1) is 16.8. The fourth-order valence-corrected chi connectivity index (χ4v) is 1.76. The molecule has 23 heavy (non-hydrogen) atoms. The first-order valence-electron chi connectivity index (χ1n) is 6.29. The lowest BCUT2D eigenvalue weighted by molar-refractivity contribution is 0.347. The van der Waals surface area contributed by atoms with Crippen molar-refractivity contribution in [1.82, 2.24) is 0 Å². The van der Waals surface area contributed by atoms with E-state index in [2.05, 4.69) is 9.47 Å². The van der Waals surface area contributed by atoms with E-state index in [9.17, 15) is 17.6 Å². The van der Waals surface area contributed by atoms with Crippen molar-refractivity contribution < 1.29 is 36.3 Å². The van der Waals surface area contributed by atoms with Gasteiger partial charge in [0.05, 0.1) is 14.2 Å². The van der Waals surface area contributed by atoms with Gasteiger partial charge in [-0.05, 0) is 24.3 Å². The molecule has 9 heteroatoms. The summed E-state index contributed by atoms with van der Waals surface area (Å²) in [6, 6.07) is 3.98. The van der Waals surface area contributed by atoms with Gasteiger partial charge in [-0.25, -0.2) is 8.78 Å². The van der Waals surface area contributed by atoms with Gasteiger partial charge < -0.3 is 18.8 Å². The molecule has 0 saturated heterocycles. The molecule has 0 aliphatic carbocycles. The average Bonchev–Trinajstić information content (AvgIpc) is 2.53. The van der Waals surface area contributed by atoms with Gasteiger partial charge in [-0.1, -0.05) is 0 Å². The Hall–Kier alpha value is -2.58. The lowest BCUT2D eigenvalue weighted by atomic mass is 10.2. The highest BCUT2D eigenvalue weighted by molar-refractivity contribution is 6.20. The fraction of sp³-hybridized carbons (Fsp3) is 0.143. The van der Waals surface area contributed by atoms with E-state index in [1.165, 1.54) is 14.2 Å². The molecule has 0 aromatic heterocycles. The van der Waals surface area contributed by atoms with Crippen molar-refractivity contribution in [2.45, 2.75) is 0 Å². The van der Waals surface area contributed by atoms with Crippen LogP contribution < -0.4 is 18.8 Å². The van der Waals surface area contributed by atoms with Crippen molar-refractivity contribution in [3.63, 3.8) is 0 Å². The summed E-state index contributed by atoms with van der Waals surface area (Å²) < 4.78 is 73.6. The molecule has 0 aliphatic heterocycles. The Balaban J connectivity index is 2.15. The number of hydrogen-bond donors (Lipinski definition) is 0. The largest absolute Gasteiger partial charge is 0.576 e. The molecule has 0 unspecified atom stereocenters. The van der Waals surface area contributed by atoms with Crippen molar-refractivity contribution in [3.05, 3.63) is 47.5 Å². The molecule has 0 atom stereocenters. The quantitative estimate of drug-likeness (QED) is 0.603. The maximum Gasteiger partial charge on any atom is 0.576 e. The van der Waals surface area contributed by atoms with Gasteiger partial charge in [0.15, 0.2) is 34.6 Å². The zero-order valence-corrected chi connectivity index (χ0v) is 12.2. The van der Waals surface area contributed by atoms with E-state index in [0.29, 0.717) is 0 Å². The van der Waals surface area contributed by atoms with Gasteiger partial charge in [0, 0.05) is 0 Å². The van der Waals surface area contributed by atoms with Gasteiger partial charge in [0.2, 0.25) is 11.6 Å². The van der Waals surface area contributed by atoms with Crippen LogP contribution in [0.1, 0.15) is 0 Å². The zero-order valence-electron chi connectivity index (χ0n) is 12.2. The minimum atomic E-state index is -1.09. The topological polar surface area (TPSA) is 36.9 Å². The molecule has 0 radical (unpaired) electrons. The number of benzene rings is 2. The summed E-state index contributed by atoms with van der Waals surface area (Å²) in [4.78, 5) is 0. The van der Waals surface area contributed by atoms with Crippen LogP contribution in [-0.2, 0) is 0 Å². The Morgan fingerprint density at radius 2 is 1.09 bits per heavy atom. The normalized spacial score (nSPS) is 10.2. The van der Waals surface area contributed by atoms with Crippen molar-refractivity contribution in [2.75, 3.05) is 14.2 Å². The van der Waals surface area contributed by atoms with Crippen LogP contribution in [0.25, 0.3) is 0 Å². The van der Waals surface area contributed by atoms with E-state index in [1.807, 2.05) is 0 Å². The molecule has 0 spiro atoms. The highest BCUT2D eigenvalue weighted by Crippen LogP contribution is 2.31. The van der Waals surface area contributed by atoms with Crippen LogP contribution in [0.5, 0.6) is 23.0 Å². The highest BCUT2D eigenvalue weighted by Gasteiger charge is 2.19. The van der Waals surface area contributed by atoms with E-state index < -0.39 is 42.5 Å². The Morgan fingerprint density at radius 1 is 0.696 bits per heavy atom. The molecule has 122 valence electrons. The first-order valence-corrected chi connectivity index (χ1v) is 6.29. The third-order valence-electron chi connectivity index (χ3n) is 2.87. The number of methoxy groups -OCH3 is 2. The maximum atomic E-state index is 13.8. The standard InChI is InChI=1S/C14H11BF4O4/c1-20-9-5-3-7(16)13(11(9)18)22-15-23-14-8(17)4-6-10(21-2)12(14)19/h3-6,15H,1-2H3. The summed E-state index contributed by atoms with van der Waals surface area (Å²) >= 11 is 0. The Bertz CT molecular complexity index is 652. The molecule has 0 heterocycles. The van der Waals surface area contributed by atoms with Crippen LogP contribution in [0.3, 0.4) is 0 Å². The van der Waals surface area contributed by atoms with Gasteiger partial charge in [-0.3, -0.25) is 0 Å². The summed E-state index contributed by atoms with van der Waals surface area (Å²) in [6.07, 6.45) is 0. The smallest absolute Gasteiger partial charge is 0.524 e. The van der Waals surface area contributed by atoms with Crippen LogP contribution >= 0.6 is 0 Å². The summed E-state index contributed by atoms with van der Waals surface area (Å²) in [6.45, 7) is 0. The number of hydrogen-bond acceptors (Lipinski definition) is 4. The zero-order chi connectivity index (χ0) is 17.0. The van der Waals surface area contributed by atoms with Crippen LogP contribution in [0, 0.1) is 23.3 Å². The number of rotatable bonds is 6. The summed E-state index contributed by atoms with van der Waals surface area (Å²) in [5, 5.41) is 0. The number of halogens is 4. The van der Waals surface area contributed by atoms with E-state index in [0.717, 1.165) is 24.3 Å². The van der Waals surface area contributed by atoms with Crippen molar-refractivity contribution in [2.24, 2.45) is 0 Å². The van der Waals surface area contributed by atoms with E-state index in [-0.39, 0.29) is 11.5 Å². The predicted molar refractivity (Wildman–Crippen MR) is 74.2 cm³/mol. The first-order chi connectivity index (χ1) is 11.0. The molecule has 2 rings (SSSR count). The van der Waals surface area contributed by atoms with Gasteiger partial charge in [-0.2, -0.15) is 8.78 Å². The molecule has 0 N–H and O–H groups in total.